The van der Waals surface area contributed by atoms with E-state index in [-0.39, 0.29) is 0 Å². The minimum Gasteiger partial charge on any atom is -0.496 e. The highest BCUT2D eigenvalue weighted by molar-refractivity contribution is 5.74. The predicted octanol–water partition coefficient (Wildman–Crippen LogP) is 4.09. The van der Waals surface area contributed by atoms with E-state index in [0.717, 1.165) is 18.8 Å². The zero-order chi connectivity index (χ0) is 14.5. The lowest BCUT2D eigenvalue weighted by molar-refractivity contribution is 0.416. The van der Waals surface area contributed by atoms with Crippen molar-refractivity contribution in [3.05, 3.63) is 53.1 Å². The molecule has 1 N–H and O–H groups in total. The van der Waals surface area contributed by atoms with Crippen LogP contribution in [0.5, 0.6) is 5.75 Å². The van der Waals surface area contributed by atoms with Gasteiger partial charge in [-0.3, -0.25) is 0 Å². The highest BCUT2D eigenvalue weighted by Crippen LogP contribution is 2.33. The van der Waals surface area contributed by atoms with Gasteiger partial charge in [-0.25, -0.2) is 0 Å². The number of rotatable bonds is 5. The summed E-state index contributed by atoms with van der Waals surface area (Å²) in [7, 11) is 1.73. The molecule has 0 aliphatic rings. The Morgan fingerprint density at radius 2 is 1.60 bits per heavy atom. The van der Waals surface area contributed by atoms with Crippen LogP contribution in [-0.2, 0) is 6.54 Å². The third-order valence-electron chi connectivity index (χ3n) is 3.48. The fourth-order valence-corrected chi connectivity index (χ4v) is 2.39. The van der Waals surface area contributed by atoms with Crippen LogP contribution in [0, 0.1) is 13.8 Å². The molecule has 0 amide bonds. The van der Waals surface area contributed by atoms with Gasteiger partial charge in [0.15, 0.2) is 0 Å². The number of nitrogens with one attached hydrogen (secondary N) is 1. The van der Waals surface area contributed by atoms with Crippen molar-refractivity contribution in [2.24, 2.45) is 0 Å². The molecule has 2 aromatic rings. The summed E-state index contributed by atoms with van der Waals surface area (Å²) in [6.07, 6.45) is 0. The van der Waals surface area contributed by atoms with Crippen LogP contribution < -0.4 is 10.1 Å². The Bertz CT molecular complexity index is 590. The third kappa shape index (κ3) is 3.20. The number of ether oxygens (including phenoxy) is 1. The van der Waals surface area contributed by atoms with Crippen LogP contribution >= 0.6 is 0 Å². The molecule has 0 radical (unpaired) electrons. The molecule has 2 rings (SSSR count). The highest BCUT2D eigenvalue weighted by atomic mass is 16.5. The van der Waals surface area contributed by atoms with E-state index in [9.17, 15) is 0 Å². The Balaban J connectivity index is 2.55. The Kier molecular flexibility index (Phi) is 4.80. The number of benzene rings is 2. The zero-order valence-corrected chi connectivity index (χ0v) is 12.8. The fraction of sp³-hybridized carbons (Fsp3) is 0.333. The van der Waals surface area contributed by atoms with Crippen LogP contribution in [0.2, 0.25) is 0 Å². The molecule has 0 unspecified atom stereocenters. The predicted molar refractivity (Wildman–Crippen MR) is 85.3 cm³/mol. The third-order valence-corrected chi connectivity index (χ3v) is 3.48. The Labute approximate surface area is 121 Å². The van der Waals surface area contributed by atoms with Crippen molar-refractivity contribution in [3.63, 3.8) is 0 Å². The van der Waals surface area contributed by atoms with Crippen LogP contribution in [0.25, 0.3) is 11.1 Å². The molecule has 106 valence electrons. The highest BCUT2D eigenvalue weighted by Gasteiger charge is 2.11. The summed E-state index contributed by atoms with van der Waals surface area (Å²) in [5.74, 6) is 0.930. The number of hydrogen-bond donors (Lipinski definition) is 1. The summed E-state index contributed by atoms with van der Waals surface area (Å²) in [6, 6.07) is 12.9. The summed E-state index contributed by atoms with van der Waals surface area (Å²) in [6.45, 7) is 8.22. The molecule has 0 saturated carbocycles. The summed E-state index contributed by atoms with van der Waals surface area (Å²) >= 11 is 0. The molecule has 0 heterocycles. The second-order valence-corrected chi connectivity index (χ2v) is 5.14. The maximum atomic E-state index is 5.53. The smallest absolute Gasteiger partial charge is 0.126 e. The van der Waals surface area contributed by atoms with E-state index in [4.69, 9.17) is 4.74 Å². The van der Waals surface area contributed by atoms with E-state index in [2.05, 4.69) is 56.4 Å². The average molecular weight is 269 g/mol. The SMILES string of the molecule is CCNCc1ccc(C)cc1-c1cc(C)ccc1OC. The molecule has 0 aromatic heterocycles. The van der Waals surface area contributed by atoms with Gasteiger partial charge in [0.25, 0.3) is 0 Å². The number of hydrogen-bond acceptors (Lipinski definition) is 2. The van der Waals surface area contributed by atoms with Gasteiger partial charge in [0.1, 0.15) is 5.75 Å². The van der Waals surface area contributed by atoms with E-state index in [0.29, 0.717) is 0 Å². The summed E-state index contributed by atoms with van der Waals surface area (Å²) in [5, 5.41) is 3.41. The fourth-order valence-electron chi connectivity index (χ4n) is 2.39. The van der Waals surface area contributed by atoms with Crippen molar-refractivity contribution in [1.29, 1.82) is 0 Å². The summed E-state index contributed by atoms with van der Waals surface area (Å²) in [5.41, 5.74) is 6.25. The van der Waals surface area contributed by atoms with E-state index in [1.165, 1.54) is 27.8 Å². The standard InChI is InChI=1S/C18H23NO/c1-5-19-12-15-8-6-13(2)10-16(15)17-11-14(3)7-9-18(17)20-4/h6-11,19H,5,12H2,1-4H3. The van der Waals surface area contributed by atoms with E-state index in [1.807, 2.05) is 6.07 Å². The van der Waals surface area contributed by atoms with Crippen molar-refractivity contribution in [3.8, 4) is 16.9 Å². The van der Waals surface area contributed by atoms with E-state index in [1.54, 1.807) is 7.11 Å². The topological polar surface area (TPSA) is 21.3 Å². The molecule has 2 heteroatoms. The van der Waals surface area contributed by atoms with Gasteiger partial charge in [-0.2, -0.15) is 0 Å². The minimum atomic E-state index is 0.878. The van der Waals surface area contributed by atoms with Crippen LogP contribution in [-0.4, -0.2) is 13.7 Å². The molecule has 0 aliphatic heterocycles. The Hall–Kier alpha value is -1.80. The molecule has 0 atom stereocenters. The van der Waals surface area contributed by atoms with Gasteiger partial charge in [-0.15, -0.1) is 0 Å². The maximum Gasteiger partial charge on any atom is 0.126 e. The van der Waals surface area contributed by atoms with Crippen molar-refractivity contribution >= 4 is 0 Å². The largest absolute Gasteiger partial charge is 0.496 e. The lowest BCUT2D eigenvalue weighted by Crippen LogP contribution is -2.12. The minimum absolute atomic E-state index is 0.878. The van der Waals surface area contributed by atoms with Crippen molar-refractivity contribution in [2.75, 3.05) is 13.7 Å². The maximum absolute atomic E-state index is 5.53. The molecule has 20 heavy (non-hydrogen) atoms. The van der Waals surface area contributed by atoms with Crippen LogP contribution in [0.3, 0.4) is 0 Å². The first-order valence-electron chi connectivity index (χ1n) is 7.11. The molecule has 2 nitrogen and oxygen atoms in total. The van der Waals surface area contributed by atoms with E-state index >= 15 is 0 Å². The first kappa shape index (κ1) is 14.6. The molecule has 0 bridgehead atoms. The lowest BCUT2D eigenvalue weighted by Gasteiger charge is -2.15. The quantitative estimate of drug-likeness (QED) is 0.882. The molecular weight excluding hydrogens is 246 g/mol. The molecular formula is C18H23NO. The van der Waals surface area contributed by atoms with E-state index < -0.39 is 0 Å². The van der Waals surface area contributed by atoms with Gasteiger partial charge in [-0.1, -0.05) is 42.3 Å². The molecule has 0 saturated heterocycles. The van der Waals surface area contributed by atoms with Crippen molar-refractivity contribution < 1.29 is 4.74 Å². The Morgan fingerprint density at radius 1 is 0.950 bits per heavy atom. The first-order chi connectivity index (χ1) is 9.65. The lowest BCUT2D eigenvalue weighted by atomic mass is 9.95. The van der Waals surface area contributed by atoms with Gasteiger partial charge < -0.3 is 10.1 Å². The molecule has 0 fully saturated rings. The number of methoxy groups -OCH3 is 1. The normalized spacial score (nSPS) is 10.6. The monoisotopic (exact) mass is 269 g/mol. The molecule has 0 aliphatic carbocycles. The van der Waals surface area contributed by atoms with Crippen molar-refractivity contribution in [2.45, 2.75) is 27.3 Å². The van der Waals surface area contributed by atoms with Crippen LogP contribution in [0.1, 0.15) is 23.6 Å². The number of aryl methyl sites for hydroxylation is 2. The van der Waals surface area contributed by atoms with Gasteiger partial charge in [0.2, 0.25) is 0 Å². The summed E-state index contributed by atoms with van der Waals surface area (Å²) in [4.78, 5) is 0. The van der Waals surface area contributed by atoms with Gasteiger partial charge in [0.05, 0.1) is 7.11 Å². The first-order valence-corrected chi connectivity index (χ1v) is 7.11. The second-order valence-electron chi connectivity index (χ2n) is 5.14. The van der Waals surface area contributed by atoms with Gasteiger partial charge in [0, 0.05) is 12.1 Å². The van der Waals surface area contributed by atoms with Crippen molar-refractivity contribution in [1.82, 2.24) is 5.32 Å². The summed E-state index contributed by atoms with van der Waals surface area (Å²) < 4.78 is 5.53. The van der Waals surface area contributed by atoms with Crippen LogP contribution in [0.15, 0.2) is 36.4 Å². The van der Waals surface area contributed by atoms with Gasteiger partial charge in [-0.05, 0) is 43.7 Å². The average Bonchev–Trinajstić information content (AvgIpc) is 2.46. The van der Waals surface area contributed by atoms with Gasteiger partial charge >= 0.3 is 0 Å². The molecule has 2 aromatic carbocycles. The molecule has 0 spiro atoms. The Morgan fingerprint density at radius 3 is 2.25 bits per heavy atom. The zero-order valence-electron chi connectivity index (χ0n) is 12.8. The van der Waals surface area contributed by atoms with Crippen LogP contribution in [0.4, 0.5) is 0 Å². The second kappa shape index (κ2) is 6.58.